The molecule has 0 rings (SSSR count). The van der Waals surface area contributed by atoms with Crippen LogP contribution in [0.2, 0.25) is 0 Å². The molecule has 0 spiro atoms. The van der Waals surface area contributed by atoms with Gasteiger partial charge in [-0.2, -0.15) is 26.3 Å². The molecule has 0 nitrogen and oxygen atoms in total. The van der Waals surface area contributed by atoms with Gasteiger partial charge in [-0.1, -0.05) is 11.6 Å². The quantitative estimate of drug-likeness (QED) is 0.470. The molecule has 0 atom stereocenters. The number of hydrogen-bond donors (Lipinski definition) is 0. The van der Waals surface area contributed by atoms with Gasteiger partial charge >= 0.3 is 12.4 Å². The van der Waals surface area contributed by atoms with Gasteiger partial charge in [-0.3, -0.25) is 0 Å². The Kier molecular flexibility index (Phi) is 3.84. The Bertz CT molecular complexity index is 220. The van der Waals surface area contributed by atoms with Gasteiger partial charge < -0.3 is 0 Å². The van der Waals surface area contributed by atoms with Crippen LogP contribution in [-0.4, -0.2) is 12.4 Å². The molecule has 0 aromatic carbocycles. The second kappa shape index (κ2) is 4.04. The van der Waals surface area contributed by atoms with E-state index in [0.29, 0.717) is 0 Å². The van der Waals surface area contributed by atoms with Gasteiger partial charge in [0.05, 0.1) is 0 Å². The van der Waals surface area contributed by atoms with E-state index in [1.54, 1.807) is 0 Å². The van der Waals surface area contributed by atoms with Gasteiger partial charge in [0.1, 0.15) is 0 Å². The lowest BCUT2D eigenvalue weighted by Gasteiger charge is -1.99. The maximum atomic E-state index is 11.4. The lowest BCUT2D eigenvalue weighted by atomic mass is 10.4. The maximum Gasteiger partial charge on any atom is 0.411 e. The molecule has 76 valence electrons. The largest absolute Gasteiger partial charge is 0.411 e. The fraction of sp³-hybridized carbons (Fsp3) is 0.333. The van der Waals surface area contributed by atoms with Crippen molar-refractivity contribution in [1.82, 2.24) is 0 Å². The summed E-state index contributed by atoms with van der Waals surface area (Å²) in [4.78, 5) is 0. The van der Waals surface area contributed by atoms with E-state index in [2.05, 4.69) is 0 Å². The van der Waals surface area contributed by atoms with Crippen LogP contribution in [0.15, 0.2) is 23.3 Å². The van der Waals surface area contributed by atoms with Crippen molar-refractivity contribution in [1.29, 1.82) is 0 Å². The van der Waals surface area contributed by atoms with Crippen molar-refractivity contribution in [3.8, 4) is 0 Å². The topological polar surface area (TPSA) is 0 Å². The molecular weight excluding hydrogens is 222 g/mol. The van der Waals surface area contributed by atoms with Crippen LogP contribution in [-0.2, 0) is 0 Å². The predicted molar refractivity (Wildman–Crippen MR) is 35.2 cm³/mol. The Morgan fingerprint density at radius 1 is 0.923 bits per heavy atom. The van der Waals surface area contributed by atoms with E-state index in [1.807, 2.05) is 0 Å². The minimum atomic E-state index is -4.72. The van der Waals surface area contributed by atoms with Crippen LogP contribution in [0.25, 0.3) is 0 Å². The molecule has 0 heterocycles. The average Bonchev–Trinajstić information content (AvgIpc) is 1.78. The summed E-state index contributed by atoms with van der Waals surface area (Å²) in [5.41, 5.74) is 0. The Morgan fingerprint density at radius 2 is 1.38 bits per heavy atom. The first-order chi connectivity index (χ1) is 5.60. The molecule has 0 amide bonds. The van der Waals surface area contributed by atoms with E-state index < -0.39 is 23.5 Å². The fourth-order valence-corrected chi connectivity index (χ4v) is 0.565. The highest BCUT2D eigenvalue weighted by molar-refractivity contribution is 6.31. The van der Waals surface area contributed by atoms with Crippen LogP contribution in [0.5, 0.6) is 0 Å². The van der Waals surface area contributed by atoms with Gasteiger partial charge in [0, 0.05) is 17.2 Å². The summed E-state index contributed by atoms with van der Waals surface area (Å²) in [6, 6.07) is 0. The van der Waals surface area contributed by atoms with Gasteiger partial charge in [-0.15, -0.1) is 0 Å². The van der Waals surface area contributed by atoms with Crippen LogP contribution < -0.4 is 0 Å². The lowest BCUT2D eigenvalue weighted by molar-refractivity contribution is -0.0820. The van der Waals surface area contributed by atoms with E-state index in [4.69, 9.17) is 11.6 Å². The van der Waals surface area contributed by atoms with E-state index >= 15 is 0 Å². The lowest BCUT2D eigenvalue weighted by Crippen LogP contribution is -2.03. The maximum absolute atomic E-state index is 11.4. The summed E-state index contributed by atoms with van der Waals surface area (Å²) in [5, 5.41) is -1.02. The van der Waals surface area contributed by atoms with Crippen molar-refractivity contribution < 1.29 is 26.3 Å². The van der Waals surface area contributed by atoms with Crippen molar-refractivity contribution in [2.24, 2.45) is 0 Å². The molecule has 7 heteroatoms. The summed E-state index contributed by atoms with van der Waals surface area (Å²) in [6.45, 7) is 0. The van der Waals surface area contributed by atoms with Crippen LogP contribution in [0.3, 0.4) is 0 Å². The molecular formula is C6H3ClF6. The third-order valence-corrected chi connectivity index (χ3v) is 0.968. The number of alkyl halides is 6. The fourth-order valence-electron chi connectivity index (χ4n) is 0.379. The van der Waals surface area contributed by atoms with E-state index in [-0.39, 0.29) is 12.2 Å². The molecule has 0 saturated heterocycles. The van der Waals surface area contributed by atoms with Gasteiger partial charge in [0.15, 0.2) is 0 Å². The Balaban J connectivity index is 4.40. The zero-order valence-electron chi connectivity index (χ0n) is 5.88. The highest BCUT2D eigenvalue weighted by Crippen LogP contribution is 2.23. The number of allylic oxidation sites excluding steroid dienone is 4. The van der Waals surface area contributed by atoms with Crippen molar-refractivity contribution in [3.63, 3.8) is 0 Å². The van der Waals surface area contributed by atoms with Crippen molar-refractivity contribution >= 4 is 11.6 Å². The summed E-state index contributed by atoms with van der Waals surface area (Å²) in [6.07, 6.45) is -10.1. The molecule has 0 aromatic rings. The molecule has 0 bridgehead atoms. The number of halogens is 7. The van der Waals surface area contributed by atoms with E-state index in [9.17, 15) is 26.3 Å². The molecule has 0 aliphatic carbocycles. The van der Waals surface area contributed by atoms with E-state index in [0.717, 1.165) is 0 Å². The first-order valence-corrected chi connectivity index (χ1v) is 3.19. The molecule has 0 fully saturated rings. The van der Waals surface area contributed by atoms with Crippen LogP contribution in [0.4, 0.5) is 26.3 Å². The standard InChI is InChI=1S/C6H3ClF6/c7-4(3-6(11,12)13)1-2-5(8,9)10/h1-3H/b2-1+,4-3-. The summed E-state index contributed by atoms with van der Waals surface area (Å²) in [5.74, 6) is 0. The highest BCUT2D eigenvalue weighted by atomic mass is 35.5. The highest BCUT2D eigenvalue weighted by Gasteiger charge is 2.25. The smallest absolute Gasteiger partial charge is 0.167 e. The zero-order chi connectivity index (χ0) is 10.7. The average molecular weight is 225 g/mol. The van der Waals surface area contributed by atoms with Gasteiger partial charge in [0.25, 0.3) is 0 Å². The minimum Gasteiger partial charge on any atom is -0.167 e. The number of rotatable bonds is 1. The molecule has 0 N–H and O–H groups in total. The second-order valence-corrected chi connectivity index (χ2v) is 2.38. The molecule has 13 heavy (non-hydrogen) atoms. The van der Waals surface area contributed by atoms with Crippen LogP contribution in [0.1, 0.15) is 0 Å². The zero-order valence-corrected chi connectivity index (χ0v) is 6.63. The van der Waals surface area contributed by atoms with Crippen LogP contribution >= 0.6 is 11.6 Å². The summed E-state index contributed by atoms with van der Waals surface area (Å²) in [7, 11) is 0. The Morgan fingerprint density at radius 3 is 1.69 bits per heavy atom. The van der Waals surface area contributed by atoms with Crippen molar-refractivity contribution in [3.05, 3.63) is 23.3 Å². The molecule has 0 aliphatic rings. The summed E-state index contributed by atoms with van der Waals surface area (Å²) < 4.78 is 68.5. The van der Waals surface area contributed by atoms with Gasteiger partial charge in [0.2, 0.25) is 0 Å². The normalized spacial score (nSPS) is 15.5. The first kappa shape index (κ1) is 12.3. The second-order valence-electron chi connectivity index (χ2n) is 1.95. The van der Waals surface area contributed by atoms with Gasteiger partial charge in [-0.25, -0.2) is 0 Å². The van der Waals surface area contributed by atoms with Crippen molar-refractivity contribution in [2.75, 3.05) is 0 Å². The van der Waals surface area contributed by atoms with Crippen molar-refractivity contribution in [2.45, 2.75) is 12.4 Å². The first-order valence-electron chi connectivity index (χ1n) is 2.81. The van der Waals surface area contributed by atoms with Gasteiger partial charge in [-0.05, 0) is 6.08 Å². The molecule has 0 radical (unpaired) electrons. The van der Waals surface area contributed by atoms with E-state index in [1.165, 1.54) is 0 Å². The summed E-state index contributed by atoms with van der Waals surface area (Å²) >= 11 is 4.83. The Labute approximate surface area is 74.5 Å². The molecule has 0 saturated carbocycles. The Hall–Kier alpha value is -0.650. The number of hydrogen-bond acceptors (Lipinski definition) is 0. The third kappa shape index (κ3) is 9.26. The van der Waals surface area contributed by atoms with Crippen LogP contribution in [0, 0.1) is 0 Å². The third-order valence-electron chi connectivity index (χ3n) is 0.733. The SMILES string of the molecule is FC(F)(F)/C=C(Cl)/C=C/C(F)(F)F. The molecule has 0 aliphatic heterocycles. The monoisotopic (exact) mass is 224 g/mol. The predicted octanol–water partition coefficient (Wildman–Crippen LogP) is 3.79. The molecule has 0 unspecified atom stereocenters. The minimum absolute atomic E-state index is 0.134. The molecule has 0 aromatic heterocycles.